The van der Waals surface area contributed by atoms with Gasteiger partial charge in [-0.15, -0.1) is 11.3 Å². The fourth-order valence-corrected chi connectivity index (χ4v) is 5.19. The molecule has 28 heavy (non-hydrogen) atoms. The van der Waals surface area contributed by atoms with Gasteiger partial charge in [0, 0.05) is 18.0 Å². The molecule has 5 nitrogen and oxygen atoms in total. The van der Waals surface area contributed by atoms with Gasteiger partial charge in [0.2, 0.25) is 0 Å². The molecule has 1 aromatic heterocycles. The lowest BCUT2D eigenvalue weighted by molar-refractivity contribution is 0.0285. The number of rotatable bonds is 5. The first-order chi connectivity index (χ1) is 13.7. The van der Waals surface area contributed by atoms with Crippen LogP contribution in [0.3, 0.4) is 0 Å². The predicted octanol–water partition coefficient (Wildman–Crippen LogP) is 3.81. The Morgan fingerprint density at radius 1 is 1.18 bits per heavy atom. The lowest BCUT2D eigenvalue weighted by Gasteiger charge is -2.34. The van der Waals surface area contributed by atoms with Gasteiger partial charge >= 0.3 is 0 Å². The van der Waals surface area contributed by atoms with Crippen LogP contribution in [0.2, 0.25) is 0 Å². The minimum absolute atomic E-state index is 0.0435. The van der Waals surface area contributed by atoms with Crippen molar-refractivity contribution in [2.24, 2.45) is 5.10 Å². The van der Waals surface area contributed by atoms with Crippen LogP contribution in [0, 0.1) is 0 Å². The van der Waals surface area contributed by atoms with Crippen LogP contribution in [0.5, 0.6) is 0 Å². The van der Waals surface area contributed by atoms with Crippen LogP contribution in [0.1, 0.15) is 51.5 Å². The number of fused-ring (bicyclic) bond motifs is 1. The number of carbonyl (C=O) groups is 1. The highest BCUT2D eigenvalue weighted by Crippen LogP contribution is 2.29. The van der Waals surface area contributed by atoms with Crippen molar-refractivity contribution in [3.05, 3.63) is 57.3 Å². The first-order valence-electron chi connectivity index (χ1n) is 10.1. The first-order valence-corrected chi connectivity index (χ1v) is 10.9. The summed E-state index contributed by atoms with van der Waals surface area (Å²) >= 11 is 1.62. The second-order valence-corrected chi connectivity index (χ2v) is 8.56. The molecule has 1 amide bonds. The van der Waals surface area contributed by atoms with Gasteiger partial charge in [-0.05, 0) is 49.8 Å². The third-order valence-electron chi connectivity index (χ3n) is 5.48. The molecular formula is C22H27N3O2S. The molecule has 0 unspecified atom stereocenters. The van der Waals surface area contributed by atoms with E-state index in [1.165, 1.54) is 28.8 Å². The zero-order chi connectivity index (χ0) is 19.3. The average molecular weight is 398 g/mol. The van der Waals surface area contributed by atoms with Crippen molar-refractivity contribution in [3.8, 4) is 0 Å². The number of amides is 1. The molecule has 1 fully saturated rings. The fraction of sp³-hybridized carbons (Fsp3) is 0.455. The van der Waals surface area contributed by atoms with E-state index in [2.05, 4.69) is 33.6 Å². The highest BCUT2D eigenvalue weighted by atomic mass is 32.1. The summed E-state index contributed by atoms with van der Waals surface area (Å²) in [5, 5.41) is 4.50. The maximum atomic E-state index is 12.7. The van der Waals surface area contributed by atoms with Crippen LogP contribution in [0.4, 0.5) is 0 Å². The second kappa shape index (κ2) is 8.99. The number of hydrazone groups is 1. The summed E-state index contributed by atoms with van der Waals surface area (Å²) in [5.41, 5.74) is 6.22. The van der Waals surface area contributed by atoms with Crippen LogP contribution in [0.25, 0.3) is 0 Å². The molecule has 0 radical (unpaired) electrons. The van der Waals surface area contributed by atoms with Crippen molar-refractivity contribution in [1.29, 1.82) is 0 Å². The molecule has 6 heteroatoms. The van der Waals surface area contributed by atoms with Gasteiger partial charge in [0.25, 0.3) is 5.91 Å². The van der Waals surface area contributed by atoms with Crippen molar-refractivity contribution < 1.29 is 9.53 Å². The van der Waals surface area contributed by atoms with Gasteiger partial charge in [-0.25, -0.2) is 5.43 Å². The summed E-state index contributed by atoms with van der Waals surface area (Å²) < 4.78 is 5.51. The van der Waals surface area contributed by atoms with Crippen LogP contribution in [-0.4, -0.2) is 42.8 Å². The minimum atomic E-state index is -0.104. The maximum absolute atomic E-state index is 12.7. The van der Waals surface area contributed by atoms with E-state index < -0.39 is 0 Å². The van der Waals surface area contributed by atoms with E-state index in [1.807, 2.05) is 25.1 Å². The molecule has 2 aromatic rings. The molecule has 4 rings (SSSR count). The van der Waals surface area contributed by atoms with Gasteiger partial charge in [-0.3, -0.25) is 9.69 Å². The van der Waals surface area contributed by atoms with E-state index in [4.69, 9.17) is 4.74 Å². The number of hydrogen-bond acceptors (Lipinski definition) is 5. The standard InChI is InChI=1S/C22H27N3O2S/c1-16(21(17-7-3-2-4-8-17)25-11-13-27-14-12-25)23-24-22(26)20-15-18-9-5-6-10-19(18)28-20/h2-4,7-8,15,21H,5-6,9-14H2,1H3,(H,24,26)/b23-16-/t21-/m0/s1. The van der Waals surface area contributed by atoms with Gasteiger partial charge in [0.05, 0.1) is 29.8 Å². The Morgan fingerprint density at radius 3 is 2.68 bits per heavy atom. The number of ether oxygens (including phenoxy) is 1. The molecule has 148 valence electrons. The van der Waals surface area contributed by atoms with Gasteiger partial charge in [-0.2, -0.15) is 5.10 Å². The van der Waals surface area contributed by atoms with E-state index in [0.717, 1.165) is 49.7 Å². The average Bonchev–Trinajstić information content (AvgIpc) is 3.18. The monoisotopic (exact) mass is 397 g/mol. The van der Waals surface area contributed by atoms with E-state index >= 15 is 0 Å². The van der Waals surface area contributed by atoms with Gasteiger partial charge in [-0.1, -0.05) is 30.3 Å². The molecule has 1 saturated heterocycles. The predicted molar refractivity (Wildman–Crippen MR) is 113 cm³/mol. The lowest BCUT2D eigenvalue weighted by Crippen LogP contribution is -2.42. The summed E-state index contributed by atoms with van der Waals surface area (Å²) in [5.74, 6) is -0.104. The number of nitrogens with one attached hydrogen (secondary N) is 1. The van der Waals surface area contributed by atoms with Gasteiger partial charge in [0.15, 0.2) is 0 Å². The largest absolute Gasteiger partial charge is 0.379 e. The number of nitrogens with zero attached hydrogens (tertiary/aromatic N) is 2. The molecule has 1 N–H and O–H groups in total. The Hall–Kier alpha value is -2.02. The van der Waals surface area contributed by atoms with Gasteiger partial charge < -0.3 is 4.74 Å². The molecule has 0 saturated carbocycles. The van der Waals surface area contributed by atoms with E-state index in [1.54, 1.807) is 11.3 Å². The van der Waals surface area contributed by atoms with E-state index in [-0.39, 0.29) is 11.9 Å². The normalized spacial score (nSPS) is 19.1. The topological polar surface area (TPSA) is 53.9 Å². The molecule has 1 atom stereocenters. The quantitative estimate of drug-likeness (QED) is 0.617. The summed E-state index contributed by atoms with van der Waals surface area (Å²) in [6, 6.07) is 12.4. The third-order valence-corrected chi connectivity index (χ3v) is 6.71. The molecule has 1 aliphatic carbocycles. The number of morpholine rings is 1. The molecule has 1 aliphatic heterocycles. The van der Waals surface area contributed by atoms with E-state index in [9.17, 15) is 4.79 Å². The summed E-state index contributed by atoms with van der Waals surface area (Å²) in [7, 11) is 0. The van der Waals surface area contributed by atoms with Crippen LogP contribution in [-0.2, 0) is 17.6 Å². The molecule has 2 heterocycles. The fourth-order valence-electron chi connectivity index (χ4n) is 4.04. The van der Waals surface area contributed by atoms with E-state index in [0.29, 0.717) is 0 Å². The number of thiophene rings is 1. The van der Waals surface area contributed by atoms with Crippen LogP contribution < -0.4 is 5.43 Å². The third kappa shape index (κ3) is 4.35. The molecule has 1 aromatic carbocycles. The van der Waals surface area contributed by atoms with Crippen molar-refractivity contribution >= 4 is 23.0 Å². The Balaban J connectivity index is 1.51. The minimum Gasteiger partial charge on any atom is -0.379 e. The Kier molecular flexibility index (Phi) is 6.20. The number of carbonyl (C=O) groups excluding carboxylic acids is 1. The van der Waals surface area contributed by atoms with Crippen LogP contribution in [0.15, 0.2) is 41.5 Å². The second-order valence-electron chi connectivity index (χ2n) is 7.42. The van der Waals surface area contributed by atoms with Crippen molar-refractivity contribution in [1.82, 2.24) is 10.3 Å². The molecule has 2 aliphatic rings. The highest BCUT2D eigenvalue weighted by Gasteiger charge is 2.25. The summed E-state index contributed by atoms with van der Waals surface area (Å²) in [6.07, 6.45) is 4.64. The highest BCUT2D eigenvalue weighted by molar-refractivity contribution is 7.14. The summed E-state index contributed by atoms with van der Waals surface area (Å²) in [6.45, 7) is 5.16. The Bertz CT molecular complexity index is 817. The number of benzene rings is 1. The maximum Gasteiger partial charge on any atom is 0.281 e. The van der Waals surface area contributed by atoms with Crippen molar-refractivity contribution in [3.63, 3.8) is 0 Å². The number of hydrogen-bond donors (Lipinski definition) is 1. The molecular weight excluding hydrogens is 370 g/mol. The molecule has 0 bridgehead atoms. The van der Waals surface area contributed by atoms with Crippen molar-refractivity contribution in [2.75, 3.05) is 26.3 Å². The smallest absolute Gasteiger partial charge is 0.281 e. The lowest BCUT2D eigenvalue weighted by atomic mass is 9.99. The summed E-state index contributed by atoms with van der Waals surface area (Å²) in [4.78, 5) is 17.2. The Labute approximate surface area is 170 Å². The Morgan fingerprint density at radius 2 is 1.93 bits per heavy atom. The first kappa shape index (κ1) is 19.3. The zero-order valence-corrected chi connectivity index (χ0v) is 17.1. The van der Waals surface area contributed by atoms with Crippen molar-refractivity contribution in [2.45, 2.75) is 38.6 Å². The SMILES string of the molecule is C/C(=N/NC(=O)c1cc2c(s1)CCCC2)[C@@H](c1ccccc1)N1CCOCC1. The molecule has 0 spiro atoms. The number of aryl methyl sites for hydroxylation is 2. The van der Waals surface area contributed by atoms with Gasteiger partial charge in [0.1, 0.15) is 0 Å². The van der Waals surface area contributed by atoms with Crippen LogP contribution >= 0.6 is 11.3 Å². The zero-order valence-electron chi connectivity index (χ0n) is 16.3.